The molecule has 41 heavy (non-hydrogen) atoms. The van der Waals surface area contributed by atoms with E-state index in [-0.39, 0.29) is 17.8 Å². The molecule has 0 saturated carbocycles. The number of benzene rings is 3. The molecular formula is C36H43NO4. The number of esters is 1. The molecule has 0 aliphatic heterocycles. The number of methoxy groups -OCH3 is 1. The van der Waals surface area contributed by atoms with Gasteiger partial charge < -0.3 is 9.47 Å². The van der Waals surface area contributed by atoms with Gasteiger partial charge in [0.25, 0.3) is 0 Å². The summed E-state index contributed by atoms with van der Waals surface area (Å²) in [4.78, 5) is 26.3. The second kappa shape index (κ2) is 18.6. The van der Waals surface area contributed by atoms with Crippen molar-refractivity contribution in [3.8, 4) is 11.8 Å². The molecule has 3 rings (SSSR count). The fraction of sp³-hybridized carbons (Fsp3) is 0.389. The van der Waals surface area contributed by atoms with Crippen molar-refractivity contribution < 1.29 is 19.1 Å². The largest absolute Gasteiger partial charge is 0.469 e. The highest BCUT2D eigenvalue weighted by molar-refractivity contribution is 5.95. The van der Waals surface area contributed by atoms with Crippen LogP contribution in [0.4, 0.5) is 0 Å². The summed E-state index contributed by atoms with van der Waals surface area (Å²) in [6.45, 7) is 4.05. The van der Waals surface area contributed by atoms with Gasteiger partial charge in [-0.05, 0) is 42.4 Å². The Balaban J connectivity index is 1.66. The fourth-order valence-electron chi connectivity index (χ4n) is 4.63. The predicted octanol–water partition coefficient (Wildman–Crippen LogP) is 7.14. The maximum Gasteiger partial charge on any atom is 0.305 e. The van der Waals surface area contributed by atoms with Crippen molar-refractivity contribution in [2.24, 2.45) is 0 Å². The second-order valence-corrected chi connectivity index (χ2v) is 10.4. The monoisotopic (exact) mass is 553 g/mol. The van der Waals surface area contributed by atoms with Crippen LogP contribution in [-0.2, 0) is 38.8 Å². The first-order chi connectivity index (χ1) is 20.0. The number of ether oxygens (including phenoxy) is 2. The van der Waals surface area contributed by atoms with Crippen LogP contribution in [0.25, 0.3) is 0 Å². The molecule has 0 spiro atoms. The minimum absolute atomic E-state index is 0.0576. The first kappa shape index (κ1) is 31.8. The lowest BCUT2D eigenvalue weighted by Crippen LogP contribution is -2.41. The lowest BCUT2D eigenvalue weighted by molar-refractivity contribution is -0.140. The molecule has 5 heteroatoms. The molecule has 216 valence electrons. The van der Waals surface area contributed by atoms with Gasteiger partial charge >= 0.3 is 5.97 Å². The lowest BCUT2D eigenvalue weighted by Gasteiger charge is -2.33. The van der Waals surface area contributed by atoms with E-state index in [0.29, 0.717) is 19.4 Å². The smallest absolute Gasteiger partial charge is 0.305 e. The highest BCUT2D eigenvalue weighted by Crippen LogP contribution is 2.18. The van der Waals surface area contributed by atoms with E-state index >= 15 is 0 Å². The molecule has 0 N–H and O–H groups in total. The molecule has 0 radical (unpaired) electrons. The molecule has 2 atom stereocenters. The highest BCUT2D eigenvalue weighted by Gasteiger charge is 2.24. The topological polar surface area (TPSA) is 55.8 Å². The molecular weight excluding hydrogens is 510 g/mol. The third kappa shape index (κ3) is 12.6. The van der Waals surface area contributed by atoms with Crippen molar-refractivity contribution >= 4 is 11.8 Å². The zero-order chi connectivity index (χ0) is 29.1. The van der Waals surface area contributed by atoms with E-state index in [0.717, 1.165) is 50.8 Å². The van der Waals surface area contributed by atoms with Crippen molar-refractivity contribution in [3.63, 3.8) is 0 Å². The Morgan fingerprint density at radius 3 is 1.73 bits per heavy atom. The molecule has 0 saturated heterocycles. The summed E-state index contributed by atoms with van der Waals surface area (Å²) in [7, 11) is 1.41. The maximum absolute atomic E-state index is 12.7. The Kier molecular flexibility index (Phi) is 14.4. The van der Waals surface area contributed by atoms with Crippen LogP contribution in [0.5, 0.6) is 0 Å². The average Bonchev–Trinajstić information content (AvgIpc) is 3.01. The number of hydrogen-bond acceptors (Lipinski definition) is 5. The van der Waals surface area contributed by atoms with Gasteiger partial charge in [-0.25, -0.2) is 0 Å². The molecule has 0 bridgehead atoms. The predicted molar refractivity (Wildman–Crippen MR) is 164 cm³/mol. The van der Waals surface area contributed by atoms with E-state index in [9.17, 15) is 9.59 Å². The summed E-state index contributed by atoms with van der Waals surface area (Å²) < 4.78 is 11.1. The number of rotatable bonds is 17. The molecule has 3 aromatic rings. The lowest BCUT2D eigenvalue weighted by atomic mass is 10.1. The van der Waals surface area contributed by atoms with Gasteiger partial charge in [0.1, 0.15) is 6.10 Å². The van der Waals surface area contributed by atoms with Crippen LogP contribution in [0.1, 0.15) is 68.6 Å². The van der Waals surface area contributed by atoms with Crippen molar-refractivity contribution in [2.45, 2.75) is 83.7 Å². The number of carbonyl (C=O) groups is 2. The van der Waals surface area contributed by atoms with Crippen molar-refractivity contribution in [2.75, 3.05) is 7.11 Å². The summed E-state index contributed by atoms with van der Waals surface area (Å²) >= 11 is 0. The summed E-state index contributed by atoms with van der Waals surface area (Å²) in [6, 6.07) is 30.8. The van der Waals surface area contributed by atoms with Crippen molar-refractivity contribution in [1.29, 1.82) is 0 Å². The van der Waals surface area contributed by atoms with Crippen LogP contribution >= 0.6 is 0 Å². The molecule has 0 fully saturated rings. The Morgan fingerprint density at radius 1 is 0.707 bits per heavy atom. The Morgan fingerprint density at radius 2 is 1.20 bits per heavy atom. The first-order valence-corrected chi connectivity index (χ1v) is 14.6. The molecule has 3 aromatic carbocycles. The van der Waals surface area contributed by atoms with Crippen molar-refractivity contribution in [1.82, 2.24) is 4.90 Å². The fourth-order valence-corrected chi connectivity index (χ4v) is 4.63. The summed E-state index contributed by atoms with van der Waals surface area (Å²) in [5, 5.41) is 0. The van der Waals surface area contributed by atoms with E-state index in [4.69, 9.17) is 4.74 Å². The molecule has 0 aliphatic carbocycles. The van der Waals surface area contributed by atoms with E-state index in [1.165, 1.54) is 18.2 Å². The van der Waals surface area contributed by atoms with Crippen LogP contribution in [0, 0.1) is 11.8 Å². The summed E-state index contributed by atoms with van der Waals surface area (Å²) in [6.07, 6.45) is 4.96. The van der Waals surface area contributed by atoms with E-state index in [2.05, 4.69) is 76.9 Å². The molecule has 0 aliphatic rings. The number of nitrogens with zero attached hydrogens (tertiary/aromatic N) is 1. The van der Waals surface area contributed by atoms with E-state index in [1.54, 1.807) is 0 Å². The Hall–Kier alpha value is -3.72. The second-order valence-electron chi connectivity index (χ2n) is 10.4. The van der Waals surface area contributed by atoms with Gasteiger partial charge in [0.15, 0.2) is 0 Å². The first-order valence-electron chi connectivity index (χ1n) is 14.6. The van der Waals surface area contributed by atoms with Gasteiger partial charge in [0, 0.05) is 32.0 Å². The molecule has 0 amide bonds. The van der Waals surface area contributed by atoms with Gasteiger partial charge in [-0.2, -0.15) is 0 Å². The number of hydrogen-bond donors (Lipinski definition) is 0. The summed E-state index contributed by atoms with van der Waals surface area (Å²) in [5.74, 6) is 5.89. The van der Waals surface area contributed by atoms with Gasteiger partial charge in [0.05, 0.1) is 13.7 Å². The normalized spacial score (nSPS) is 12.3. The van der Waals surface area contributed by atoms with Crippen LogP contribution in [0.2, 0.25) is 0 Å². The molecule has 0 heterocycles. The Bertz CT molecular complexity index is 1180. The van der Waals surface area contributed by atoms with E-state index in [1.807, 2.05) is 42.5 Å². The number of Topliss-reactive ketones (excluding diaryl/α,β-unsaturated/α-hetero) is 1. The molecule has 5 nitrogen and oxygen atoms in total. The van der Waals surface area contributed by atoms with Crippen molar-refractivity contribution in [3.05, 3.63) is 108 Å². The zero-order valence-electron chi connectivity index (χ0n) is 24.5. The zero-order valence-corrected chi connectivity index (χ0v) is 24.5. The van der Waals surface area contributed by atoms with Crippen LogP contribution in [0.3, 0.4) is 0 Å². The van der Waals surface area contributed by atoms with Crippen LogP contribution < -0.4 is 0 Å². The minimum Gasteiger partial charge on any atom is -0.469 e. The number of unbranched alkanes of at least 4 members (excludes halogenated alkanes) is 4. The van der Waals surface area contributed by atoms with E-state index < -0.39 is 6.10 Å². The Labute approximate surface area is 245 Å². The van der Waals surface area contributed by atoms with Crippen LogP contribution in [-0.4, -0.2) is 35.9 Å². The minimum atomic E-state index is -0.440. The van der Waals surface area contributed by atoms with Gasteiger partial charge in [-0.3, -0.25) is 14.5 Å². The average molecular weight is 554 g/mol. The number of ketones is 1. The maximum atomic E-state index is 12.7. The van der Waals surface area contributed by atoms with Crippen LogP contribution in [0.15, 0.2) is 91.0 Å². The van der Waals surface area contributed by atoms with Gasteiger partial charge in [-0.15, -0.1) is 0 Å². The number of carbonyl (C=O) groups excluding carboxylic acids is 2. The molecule has 0 unspecified atom stereocenters. The summed E-state index contributed by atoms with van der Waals surface area (Å²) in [5.41, 5.74) is 3.50. The third-order valence-corrected chi connectivity index (χ3v) is 7.11. The van der Waals surface area contributed by atoms with Gasteiger partial charge in [0.2, 0.25) is 5.78 Å². The highest BCUT2D eigenvalue weighted by atomic mass is 16.5. The SMILES string of the molecule is COC(=O)CCCCCCCC(=O)C#C[C@@H](OCc1ccccc1)[C@H](C)N(Cc1ccccc1)Cc1ccccc1. The quantitative estimate of drug-likeness (QED) is 0.0770. The molecule has 0 aromatic heterocycles. The third-order valence-electron chi connectivity index (χ3n) is 7.11. The standard InChI is InChI=1S/C36H43NO4/c1-30(37(27-31-17-9-6-10-18-31)28-32-19-11-7-12-20-32)35(41-29-33-21-13-8-14-22-33)26-25-34(38)23-15-4-3-5-16-24-36(39)40-2/h6-14,17-22,30,35H,3-5,15-16,23-24,27-29H2,1-2H3/t30-,35+/m0/s1. The van der Waals surface area contributed by atoms with Gasteiger partial charge in [-0.1, -0.05) is 116 Å².